The zero-order chi connectivity index (χ0) is 20.4. The molecule has 0 spiro atoms. The molecule has 2 aliphatic rings. The Morgan fingerprint density at radius 3 is 2.34 bits per heavy atom. The number of nitrogens with zero attached hydrogens (tertiary/aromatic N) is 5. The van der Waals surface area contributed by atoms with Crippen molar-refractivity contribution in [3.05, 3.63) is 42.0 Å². The summed E-state index contributed by atoms with van der Waals surface area (Å²) >= 11 is 0. The molecule has 0 bridgehead atoms. The van der Waals surface area contributed by atoms with E-state index in [1.54, 1.807) is 24.5 Å². The number of piperidine rings is 1. The van der Waals surface area contributed by atoms with Crippen LogP contribution in [0.5, 0.6) is 0 Å². The van der Waals surface area contributed by atoms with Crippen LogP contribution in [0.1, 0.15) is 47.7 Å². The molecule has 2 aromatic heterocycles. The highest BCUT2D eigenvalue weighted by Gasteiger charge is 2.30. The van der Waals surface area contributed by atoms with Gasteiger partial charge in [0.1, 0.15) is 4.90 Å². The van der Waals surface area contributed by atoms with E-state index < -0.39 is 9.84 Å². The van der Waals surface area contributed by atoms with Gasteiger partial charge in [0.15, 0.2) is 9.84 Å². The second-order valence-electron chi connectivity index (χ2n) is 7.69. The molecular formula is C20H25N5O3S. The van der Waals surface area contributed by atoms with Gasteiger partial charge < -0.3 is 9.80 Å². The standard InChI is InChI=1S/C20H25N5O3S/c1-29(27,28)17-14-22-20(25-10-2-3-11-25)23-18(17)15-6-12-24(13-7-15)19(26)16-4-8-21-9-5-16/h4-5,8-9,14-15H,2-3,6-7,10-13H2,1H3. The average Bonchev–Trinajstić information content (AvgIpc) is 3.28. The number of pyridine rings is 1. The number of hydrogen-bond acceptors (Lipinski definition) is 7. The first kappa shape index (κ1) is 19.8. The Bertz CT molecular complexity index is 982. The first-order chi connectivity index (χ1) is 13.9. The molecule has 2 saturated heterocycles. The van der Waals surface area contributed by atoms with Gasteiger partial charge in [-0.1, -0.05) is 0 Å². The Hall–Kier alpha value is -2.55. The molecule has 9 heteroatoms. The minimum Gasteiger partial charge on any atom is -0.341 e. The first-order valence-electron chi connectivity index (χ1n) is 9.95. The number of likely N-dealkylation sites (tertiary alicyclic amines) is 1. The van der Waals surface area contributed by atoms with Gasteiger partial charge in [-0.2, -0.15) is 0 Å². The van der Waals surface area contributed by atoms with Crippen molar-refractivity contribution in [1.29, 1.82) is 0 Å². The van der Waals surface area contributed by atoms with E-state index in [9.17, 15) is 13.2 Å². The number of anilines is 1. The van der Waals surface area contributed by atoms with Crippen LogP contribution in [0.15, 0.2) is 35.6 Å². The SMILES string of the molecule is CS(=O)(=O)c1cnc(N2CCCC2)nc1C1CCN(C(=O)c2ccncc2)CC1. The second-order valence-corrected chi connectivity index (χ2v) is 9.67. The lowest BCUT2D eigenvalue weighted by molar-refractivity contribution is 0.0711. The molecule has 2 fully saturated rings. The van der Waals surface area contributed by atoms with Gasteiger partial charge in [0, 0.05) is 56.3 Å². The molecule has 1 amide bonds. The zero-order valence-corrected chi connectivity index (χ0v) is 17.3. The number of rotatable bonds is 4. The molecule has 2 aromatic rings. The first-order valence-corrected chi connectivity index (χ1v) is 11.8. The van der Waals surface area contributed by atoms with Crippen molar-refractivity contribution in [3.8, 4) is 0 Å². The maximum Gasteiger partial charge on any atom is 0.253 e. The van der Waals surface area contributed by atoms with Gasteiger partial charge in [-0.3, -0.25) is 9.78 Å². The van der Waals surface area contributed by atoms with Gasteiger partial charge in [0.25, 0.3) is 5.91 Å². The highest BCUT2D eigenvalue weighted by atomic mass is 32.2. The van der Waals surface area contributed by atoms with Crippen molar-refractivity contribution in [1.82, 2.24) is 19.9 Å². The Morgan fingerprint density at radius 2 is 1.72 bits per heavy atom. The van der Waals surface area contributed by atoms with Gasteiger partial charge in [0.05, 0.1) is 11.9 Å². The van der Waals surface area contributed by atoms with Crippen LogP contribution in [0.4, 0.5) is 5.95 Å². The number of carbonyl (C=O) groups excluding carboxylic acids is 1. The molecule has 0 aliphatic carbocycles. The third-order valence-electron chi connectivity index (χ3n) is 5.65. The summed E-state index contributed by atoms with van der Waals surface area (Å²) in [6, 6.07) is 3.42. The minimum atomic E-state index is -3.43. The number of sulfone groups is 1. The fourth-order valence-corrected chi connectivity index (χ4v) is 4.89. The molecule has 0 radical (unpaired) electrons. The van der Waals surface area contributed by atoms with Gasteiger partial charge in [-0.25, -0.2) is 18.4 Å². The monoisotopic (exact) mass is 415 g/mol. The maximum atomic E-state index is 12.7. The summed E-state index contributed by atoms with van der Waals surface area (Å²) < 4.78 is 24.6. The Morgan fingerprint density at radius 1 is 1.07 bits per heavy atom. The summed E-state index contributed by atoms with van der Waals surface area (Å²) in [6.07, 6.45) is 9.43. The Balaban J connectivity index is 1.55. The quantitative estimate of drug-likeness (QED) is 0.752. The van der Waals surface area contributed by atoms with E-state index in [2.05, 4.69) is 14.9 Å². The Kier molecular flexibility index (Phi) is 5.49. The fourth-order valence-electron chi connectivity index (χ4n) is 4.05. The number of hydrogen-bond donors (Lipinski definition) is 0. The van der Waals surface area contributed by atoms with Gasteiger partial charge in [-0.05, 0) is 37.8 Å². The topological polar surface area (TPSA) is 96.4 Å². The predicted molar refractivity (Wildman–Crippen MR) is 109 cm³/mol. The van der Waals surface area contributed by atoms with Gasteiger partial charge in [-0.15, -0.1) is 0 Å². The summed E-state index contributed by atoms with van der Waals surface area (Å²) in [5.74, 6) is 0.584. The van der Waals surface area contributed by atoms with E-state index >= 15 is 0 Å². The van der Waals surface area contributed by atoms with Crippen LogP contribution in [0, 0.1) is 0 Å². The molecule has 154 valence electrons. The fraction of sp³-hybridized carbons (Fsp3) is 0.500. The van der Waals surface area contributed by atoms with Crippen molar-refractivity contribution >= 4 is 21.7 Å². The van der Waals surface area contributed by atoms with Gasteiger partial charge >= 0.3 is 0 Å². The predicted octanol–water partition coefficient (Wildman–Crippen LogP) is 1.90. The van der Waals surface area contributed by atoms with Crippen molar-refractivity contribution in [2.24, 2.45) is 0 Å². The summed E-state index contributed by atoms with van der Waals surface area (Å²) in [7, 11) is -3.43. The molecule has 0 atom stereocenters. The van der Waals surface area contributed by atoms with E-state index in [-0.39, 0.29) is 16.7 Å². The van der Waals surface area contributed by atoms with E-state index in [1.165, 1.54) is 12.5 Å². The van der Waals surface area contributed by atoms with Crippen LogP contribution in [-0.4, -0.2) is 66.6 Å². The van der Waals surface area contributed by atoms with E-state index in [0.29, 0.717) is 43.1 Å². The molecule has 0 saturated carbocycles. The number of aromatic nitrogens is 3. The molecule has 29 heavy (non-hydrogen) atoms. The summed E-state index contributed by atoms with van der Waals surface area (Å²) in [6.45, 7) is 2.93. The van der Waals surface area contributed by atoms with Crippen molar-refractivity contribution < 1.29 is 13.2 Å². The summed E-state index contributed by atoms with van der Waals surface area (Å²) in [4.78, 5) is 29.8. The molecule has 0 aromatic carbocycles. The molecule has 4 heterocycles. The normalized spacial score (nSPS) is 18.2. The molecular weight excluding hydrogens is 390 g/mol. The molecule has 2 aliphatic heterocycles. The molecule has 4 rings (SSSR count). The highest BCUT2D eigenvalue weighted by Crippen LogP contribution is 2.32. The smallest absolute Gasteiger partial charge is 0.253 e. The lowest BCUT2D eigenvalue weighted by atomic mass is 9.93. The lowest BCUT2D eigenvalue weighted by Crippen LogP contribution is -2.38. The molecule has 0 unspecified atom stereocenters. The molecule has 0 N–H and O–H groups in total. The largest absolute Gasteiger partial charge is 0.341 e. The van der Waals surface area contributed by atoms with Crippen LogP contribution in [-0.2, 0) is 9.84 Å². The second kappa shape index (κ2) is 8.06. The molecule has 8 nitrogen and oxygen atoms in total. The van der Waals surface area contributed by atoms with Crippen molar-refractivity contribution in [3.63, 3.8) is 0 Å². The van der Waals surface area contributed by atoms with Crippen molar-refractivity contribution in [2.45, 2.75) is 36.5 Å². The van der Waals surface area contributed by atoms with Gasteiger partial charge in [0.2, 0.25) is 5.95 Å². The van der Waals surface area contributed by atoms with Crippen LogP contribution in [0.3, 0.4) is 0 Å². The van der Waals surface area contributed by atoms with E-state index in [1.807, 2.05) is 4.90 Å². The van der Waals surface area contributed by atoms with E-state index in [0.717, 1.165) is 25.9 Å². The van der Waals surface area contributed by atoms with E-state index in [4.69, 9.17) is 4.98 Å². The third-order valence-corrected chi connectivity index (χ3v) is 6.77. The van der Waals surface area contributed by atoms with Crippen LogP contribution in [0.25, 0.3) is 0 Å². The van der Waals surface area contributed by atoms with Crippen LogP contribution in [0.2, 0.25) is 0 Å². The average molecular weight is 416 g/mol. The summed E-state index contributed by atoms with van der Waals surface area (Å²) in [5.41, 5.74) is 1.22. The zero-order valence-electron chi connectivity index (χ0n) is 16.5. The number of carbonyl (C=O) groups is 1. The number of amides is 1. The van der Waals surface area contributed by atoms with Crippen molar-refractivity contribution in [2.75, 3.05) is 37.3 Å². The minimum absolute atomic E-state index is 0.00873. The summed E-state index contributed by atoms with van der Waals surface area (Å²) in [5, 5.41) is 0. The lowest BCUT2D eigenvalue weighted by Gasteiger charge is -2.32. The Labute approximate surface area is 170 Å². The van der Waals surface area contributed by atoms with Crippen LogP contribution >= 0.6 is 0 Å². The van der Waals surface area contributed by atoms with Crippen LogP contribution < -0.4 is 4.90 Å². The third kappa shape index (κ3) is 4.24. The maximum absolute atomic E-state index is 12.7. The highest BCUT2D eigenvalue weighted by molar-refractivity contribution is 7.90.